The van der Waals surface area contributed by atoms with Gasteiger partial charge in [-0.25, -0.2) is 19.6 Å². The zero-order valence-electron chi connectivity index (χ0n) is 14.4. The number of aryl methyl sites for hydroxylation is 1. The van der Waals surface area contributed by atoms with Gasteiger partial charge in [0.2, 0.25) is 0 Å². The molecular formula is C17H25N7. The minimum absolute atomic E-state index is 0.334. The summed E-state index contributed by atoms with van der Waals surface area (Å²) < 4.78 is 2.05. The number of aromatic nitrogens is 5. The zero-order valence-corrected chi connectivity index (χ0v) is 14.4. The monoisotopic (exact) mass is 327 g/mol. The molecule has 2 aliphatic rings. The molecule has 4 heterocycles. The van der Waals surface area contributed by atoms with Gasteiger partial charge in [-0.15, -0.1) is 0 Å². The molecule has 1 atom stereocenters. The number of fused-ring (bicyclic) bond motifs is 1. The topological polar surface area (TPSA) is 71.8 Å². The fraction of sp³-hybridized carbons (Fsp3) is 0.647. The van der Waals surface area contributed by atoms with E-state index in [2.05, 4.69) is 54.9 Å². The van der Waals surface area contributed by atoms with E-state index in [-0.39, 0.29) is 0 Å². The Kier molecular flexibility index (Phi) is 4.08. The van der Waals surface area contributed by atoms with Crippen LogP contribution in [0.4, 0.5) is 11.6 Å². The molecule has 1 N–H and O–H groups in total. The second-order valence-electron chi connectivity index (χ2n) is 7.06. The molecule has 2 aromatic rings. The van der Waals surface area contributed by atoms with Crippen LogP contribution in [0.1, 0.15) is 50.7 Å². The molecule has 0 unspecified atom stereocenters. The van der Waals surface area contributed by atoms with Crippen LogP contribution in [0, 0.1) is 0 Å². The van der Waals surface area contributed by atoms with Crippen molar-refractivity contribution in [1.82, 2.24) is 24.7 Å². The van der Waals surface area contributed by atoms with Gasteiger partial charge < -0.3 is 10.2 Å². The fourth-order valence-electron chi connectivity index (χ4n) is 3.44. The van der Waals surface area contributed by atoms with Crippen molar-refractivity contribution in [3.8, 4) is 0 Å². The molecule has 0 aliphatic carbocycles. The molecule has 7 nitrogen and oxygen atoms in total. The van der Waals surface area contributed by atoms with E-state index < -0.39 is 0 Å². The van der Waals surface area contributed by atoms with Gasteiger partial charge in [-0.1, -0.05) is 13.8 Å². The van der Waals surface area contributed by atoms with Crippen molar-refractivity contribution in [2.75, 3.05) is 23.3 Å². The molecule has 0 aromatic carbocycles. The summed E-state index contributed by atoms with van der Waals surface area (Å²) in [7, 11) is 0. The average molecular weight is 327 g/mol. The predicted octanol–water partition coefficient (Wildman–Crippen LogP) is 2.22. The number of nitrogens with zero attached hydrogens (tertiary/aromatic N) is 6. The van der Waals surface area contributed by atoms with Crippen molar-refractivity contribution in [3.05, 3.63) is 24.0 Å². The van der Waals surface area contributed by atoms with Gasteiger partial charge in [0.25, 0.3) is 0 Å². The van der Waals surface area contributed by atoms with Gasteiger partial charge in [0, 0.05) is 37.5 Å². The summed E-state index contributed by atoms with van der Waals surface area (Å²) in [5, 5.41) is 8.20. The lowest BCUT2D eigenvalue weighted by molar-refractivity contribution is 0.439. The maximum atomic E-state index is 4.65. The van der Waals surface area contributed by atoms with E-state index in [0.717, 1.165) is 55.8 Å². The summed E-state index contributed by atoms with van der Waals surface area (Å²) in [6.45, 7) is 7.31. The third-order valence-electron chi connectivity index (χ3n) is 4.83. The highest BCUT2D eigenvalue weighted by atomic mass is 15.4. The number of rotatable bonds is 4. The Labute approximate surface area is 142 Å². The lowest BCUT2D eigenvalue weighted by Gasteiger charge is -2.24. The van der Waals surface area contributed by atoms with Gasteiger partial charge in [0.15, 0.2) is 5.82 Å². The summed E-state index contributed by atoms with van der Waals surface area (Å²) in [5.41, 5.74) is 0. The summed E-state index contributed by atoms with van der Waals surface area (Å²) in [6.07, 6.45) is 6.18. The van der Waals surface area contributed by atoms with E-state index in [1.807, 2.05) is 0 Å². The van der Waals surface area contributed by atoms with E-state index in [0.29, 0.717) is 12.0 Å². The lowest BCUT2D eigenvalue weighted by Crippen LogP contribution is -2.32. The summed E-state index contributed by atoms with van der Waals surface area (Å²) in [5.74, 6) is 4.37. The first-order valence-corrected chi connectivity index (χ1v) is 8.96. The molecule has 0 spiro atoms. The first-order chi connectivity index (χ1) is 11.7. The molecule has 1 fully saturated rings. The third-order valence-corrected chi connectivity index (χ3v) is 4.83. The molecule has 2 aliphatic heterocycles. The lowest BCUT2D eigenvalue weighted by atomic mass is 10.1. The van der Waals surface area contributed by atoms with Crippen molar-refractivity contribution in [2.45, 2.75) is 58.0 Å². The fourth-order valence-corrected chi connectivity index (χ4v) is 3.44. The first-order valence-electron chi connectivity index (χ1n) is 8.96. The summed E-state index contributed by atoms with van der Waals surface area (Å²) in [4.78, 5) is 15.8. The second kappa shape index (κ2) is 6.37. The number of hydrogen-bond acceptors (Lipinski definition) is 6. The van der Waals surface area contributed by atoms with Crippen molar-refractivity contribution in [1.29, 1.82) is 0 Å². The van der Waals surface area contributed by atoms with Crippen molar-refractivity contribution in [3.63, 3.8) is 0 Å². The van der Waals surface area contributed by atoms with Crippen LogP contribution in [0.2, 0.25) is 0 Å². The normalized spacial score (nSPS) is 20.5. The van der Waals surface area contributed by atoms with Crippen LogP contribution in [0.25, 0.3) is 0 Å². The smallest absolute Gasteiger partial charge is 0.153 e. The molecule has 24 heavy (non-hydrogen) atoms. The van der Waals surface area contributed by atoms with Gasteiger partial charge in [-0.3, -0.25) is 0 Å². The Hall–Kier alpha value is -2.18. The molecule has 128 valence electrons. The van der Waals surface area contributed by atoms with E-state index in [1.54, 1.807) is 6.33 Å². The average Bonchev–Trinajstić information content (AvgIpc) is 3.24. The van der Waals surface area contributed by atoms with Crippen molar-refractivity contribution >= 4 is 11.6 Å². The maximum absolute atomic E-state index is 4.65. The molecule has 0 radical (unpaired) electrons. The number of nitrogens with one attached hydrogen (secondary N) is 1. The first kappa shape index (κ1) is 15.4. The van der Waals surface area contributed by atoms with Gasteiger partial charge in [0.05, 0.1) is 6.54 Å². The van der Waals surface area contributed by atoms with Crippen LogP contribution < -0.4 is 10.2 Å². The van der Waals surface area contributed by atoms with Crippen LogP contribution in [0.5, 0.6) is 0 Å². The minimum atomic E-state index is 0.334. The Morgan fingerprint density at radius 1 is 1.21 bits per heavy atom. The van der Waals surface area contributed by atoms with Crippen LogP contribution in [0.15, 0.2) is 12.4 Å². The standard InChI is InChI=1S/C17H25N7/c1-12(2)17-21-15-6-5-13(10-24(15)22-17)20-14-9-16(19-11-18-14)23-7-3-4-8-23/h9,11-13H,3-8,10H2,1-2H3,(H,18,19,20)/t13-/m0/s1. The molecule has 4 rings (SSSR count). The van der Waals surface area contributed by atoms with E-state index in [1.165, 1.54) is 12.8 Å². The van der Waals surface area contributed by atoms with Crippen molar-refractivity contribution < 1.29 is 0 Å². The number of anilines is 2. The van der Waals surface area contributed by atoms with Crippen LogP contribution in [0.3, 0.4) is 0 Å². The Balaban J connectivity index is 1.45. The molecular weight excluding hydrogens is 302 g/mol. The molecule has 7 heteroatoms. The quantitative estimate of drug-likeness (QED) is 0.928. The number of hydrogen-bond donors (Lipinski definition) is 1. The Bertz CT molecular complexity index is 703. The summed E-state index contributed by atoms with van der Waals surface area (Å²) in [6, 6.07) is 2.40. The minimum Gasteiger partial charge on any atom is -0.365 e. The molecule has 0 bridgehead atoms. The van der Waals surface area contributed by atoms with Crippen LogP contribution in [-0.4, -0.2) is 43.9 Å². The Morgan fingerprint density at radius 3 is 2.83 bits per heavy atom. The maximum Gasteiger partial charge on any atom is 0.153 e. The largest absolute Gasteiger partial charge is 0.365 e. The highest BCUT2D eigenvalue weighted by molar-refractivity contribution is 5.49. The Morgan fingerprint density at radius 2 is 2.04 bits per heavy atom. The second-order valence-corrected chi connectivity index (χ2v) is 7.06. The predicted molar refractivity (Wildman–Crippen MR) is 93.3 cm³/mol. The van der Waals surface area contributed by atoms with E-state index >= 15 is 0 Å². The third kappa shape index (κ3) is 3.07. The van der Waals surface area contributed by atoms with Gasteiger partial charge in [-0.2, -0.15) is 5.10 Å². The van der Waals surface area contributed by atoms with Crippen molar-refractivity contribution in [2.24, 2.45) is 0 Å². The van der Waals surface area contributed by atoms with Gasteiger partial charge in [-0.05, 0) is 19.3 Å². The van der Waals surface area contributed by atoms with E-state index in [4.69, 9.17) is 0 Å². The van der Waals surface area contributed by atoms with Gasteiger partial charge in [0.1, 0.15) is 23.8 Å². The molecule has 0 saturated carbocycles. The highest BCUT2D eigenvalue weighted by Gasteiger charge is 2.23. The van der Waals surface area contributed by atoms with E-state index in [9.17, 15) is 0 Å². The highest BCUT2D eigenvalue weighted by Crippen LogP contribution is 2.22. The van der Waals surface area contributed by atoms with Crippen LogP contribution >= 0.6 is 0 Å². The van der Waals surface area contributed by atoms with Gasteiger partial charge >= 0.3 is 0 Å². The molecule has 2 aromatic heterocycles. The SMILES string of the molecule is CC(C)c1nc2n(n1)C[C@@H](Nc1cc(N3CCCC3)ncn1)CC2. The van der Waals surface area contributed by atoms with Crippen LogP contribution in [-0.2, 0) is 13.0 Å². The molecule has 0 amide bonds. The zero-order chi connectivity index (χ0) is 16.5. The summed E-state index contributed by atoms with van der Waals surface area (Å²) >= 11 is 0. The molecule has 1 saturated heterocycles.